The lowest BCUT2D eigenvalue weighted by Crippen LogP contribution is -2.35. The van der Waals surface area contributed by atoms with Crippen LogP contribution in [0.15, 0.2) is 34.9 Å². The number of para-hydroxylation sites is 1. The average molecular weight is 335 g/mol. The number of methoxy groups -OCH3 is 1. The fourth-order valence-electron chi connectivity index (χ4n) is 2.56. The highest BCUT2D eigenvalue weighted by atomic mass is 79.9. The fourth-order valence-corrected chi connectivity index (χ4v) is 3.08. The van der Waals surface area contributed by atoms with Crippen molar-refractivity contribution in [3.63, 3.8) is 0 Å². The van der Waals surface area contributed by atoms with Crippen LogP contribution in [0.2, 0.25) is 0 Å². The lowest BCUT2D eigenvalue weighted by molar-refractivity contribution is 0.0731. The van der Waals surface area contributed by atoms with Gasteiger partial charge < -0.3 is 14.6 Å². The summed E-state index contributed by atoms with van der Waals surface area (Å²) in [5, 5.41) is 0. The van der Waals surface area contributed by atoms with E-state index in [1.807, 2.05) is 35.2 Å². The number of aromatic nitrogens is 1. The maximum Gasteiger partial charge on any atom is 0.257 e. The van der Waals surface area contributed by atoms with E-state index in [2.05, 4.69) is 20.9 Å². The van der Waals surface area contributed by atoms with Crippen LogP contribution in [0.5, 0.6) is 5.75 Å². The number of fused-ring (bicyclic) bond motifs is 1. The first-order valence-electron chi connectivity index (χ1n) is 6.47. The molecule has 2 aromatic rings. The van der Waals surface area contributed by atoms with E-state index in [-0.39, 0.29) is 5.91 Å². The number of halogens is 1. The molecule has 0 bridgehead atoms. The van der Waals surface area contributed by atoms with Crippen molar-refractivity contribution in [1.82, 2.24) is 9.88 Å². The van der Waals surface area contributed by atoms with Gasteiger partial charge in [-0.05, 0) is 39.7 Å². The van der Waals surface area contributed by atoms with Crippen LogP contribution < -0.4 is 4.74 Å². The smallest absolute Gasteiger partial charge is 0.257 e. The summed E-state index contributed by atoms with van der Waals surface area (Å²) >= 11 is 3.44. The van der Waals surface area contributed by atoms with E-state index in [1.165, 1.54) is 11.3 Å². The zero-order valence-corrected chi connectivity index (χ0v) is 12.7. The number of nitrogens with one attached hydrogen (secondary N) is 1. The highest BCUT2D eigenvalue weighted by Crippen LogP contribution is 2.26. The van der Waals surface area contributed by atoms with E-state index < -0.39 is 0 Å². The molecule has 1 aliphatic rings. The molecular formula is C15H15BrN2O2. The second kappa shape index (κ2) is 5.32. The summed E-state index contributed by atoms with van der Waals surface area (Å²) < 4.78 is 6.24. The molecule has 0 aliphatic carbocycles. The summed E-state index contributed by atoms with van der Waals surface area (Å²) in [5.41, 5.74) is 3.00. The van der Waals surface area contributed by atoms with Gasteiger partial charge in [0.05, 0.1) is 17.3 Å². The number of rotatable bonds is 2. The number of hydrogen-bond donors (Lipinski definition) is 1. The maximum atomic E-state index is 12.6. The molecular weight excluding hydrogens is 320 g/mol. The van der Waals surface area contributed by atoms with Gasteiger partial charge in [-0.15, -0.1) is 0 Å². The number of amides is 1. The molecule has 3 rings (SSSR count). The number of nitrogens with zero attached hydrogens (tertiary/aromatic N) is 1. The first-order valence-corrected chi connectivity index (χ1v) is 7.27. The second-order valence-electron chi connectivity index (χ2n) is 4.80. The molecule has 0 atom stereocenters. The lowest BCUT2D eigenvalue weighted by Gasteiger charge is -2.27. The number of benzene rings is 1. The van der Waals surface area contributed by atoms with Crippen molar-refractivity contribution in [2.24, 2.45) is 0 Å². The molecule has 20 heavy (non-hydrogen) atoms. The molecule has 2 heterocycles. The number of aromatic amines is 1. The first kappa shape index (κ1) is 13.2. The van der Waals surface area contributed by atoms with Gasteiger partial charge >= 0.3 is 0 Å². The van der Waals surface area contributed by atoms with Crippen molar-refractivity contribution in [3.8, 4) is 5.75 Å². The van der Waals surface area contributed by atoms with Crippen LogP contribution >= 0.6 is 15.9 Å². The van der Waals surface area contributed by atoms with Gasteiger partial charge in [-0.1, -0.05) is 12.1 Å². The Kier molecular flexibility index (Phi) is 3.53. The number of carbonyl (C=O) groups excluding carboxylic acids is 1. The van der Waals surface area contributed by atoms with Crippen LogP contribution in [0.3, 0.4) is 0 Å². The third-order valence-corrected chi connectivity index (χ3v) is 4.00. The molecule has 104 valence electrons. The van der Waals surface area contributed by atoms with Gasteiger partial charge in [0.2, 0.25) is 0 Å². The van der Waals surface area contributed by atoms with Gasteiger partial charge in [0.1, 0.15) is 5.75 Å². The molecule has 0 fully saturated rings. The third kappa shape index (κ3) is 2.33. The van der Waals surface area contributed by atoms with Crippen molar-refractivity contribution in [3.05, 3.63) is 51.8 Å². The molecule has 5 heteroatoms. The minimum absolute atomic E-state index is 0.0189. The molecule has 1 aliphatic heterocycles. The first-order chi connectivity index (χ1) is 9.69. The second-order valence-corrected chi connectivity index (χ2v) is 5.65. The fraction of sp³-hybridized carbons (Fsp3) is 0.267. The monoisotopic (exact) mass is 334 g/mol. The zero-order chi connectivity index (χ0) is 14.1. The van der Waals surface area contributed by atoms with E-state index in [0.717, 1.165) is 17.6 Å². The summed E-state index contributed by atoms with van der Waals surface area (Å²) in [6, 6.07) is 9.39. The SMILES string of the molecule is COc1ccccc1C(=O)N1CCc2[nH]c(Br)cc2C1. The van der Waals surface area contributed by atoms with Crippen molar-refractivity contribution in [2.45, 2.75) is 13.0 Å². The van der Waals surface area contributed by atoms with E-state index in [1.54, 1.807) is 7.11 Å². The van der Waals surface area contributed by atoms with Gasteiger partial charge in [0.25, 0.3) is 5.91 Å². The molecule has 0 radical (unpaired) electrons. The number of ether oxygens (including phenoxy) is 1. The highest BCUT2D eigenvalue weighted by Gasteiger charge is 2.24. The molecule has 1 amide bonds. The molecule has 0 spiro atoms. The topological polar surface area (TPSA) is 45.3 Å². The van der Waals surface area contributed by atoms with Crippen LogP contribution in [-0.2, 0) is 13.0 Å². The Bertz CT molecular complexity index is 651. The maximum absolute atomic E-state index is 12.6. The summed E-state index contributed by atoms with van der Waals surface area (Å²) in [6.45, 7) is 1.35. The van der Waals surface area contributed by atoms with Crippen LogP contribution in [0.25, 0.3) is 0 Å². The largest absolute Gasteiger partial charge is 0.496 e. The summed E-state index contributed by atoms with van der Waals surface area (Å²) in [5.74, 6) is 0.643. The molecule has 1 aromatic carbocycles. The lowest BCUT2D eigenvalue weighted by atomic mass is 10.1. The van der Waals surface area contributed by atoms with E-state index in [4.69, 9.17) is 4.74 Å². The van der Waals surface area contributed by atoms with Gasteiger partial charge in [-0.3, -0.25) is 4.79 Å². The highest BCUT2D eigenvalue weighted by molar-refractivity contribution is 9.10. The van der Waals surface area contributed by atoms with Crippen LogP contribution in [0.1, 0.15) is 21.6 Å². The van der Waals surface area contributed by atoms with Gasteiger partial charge in [-0.2, -0.15) is 0 Å². The molecule has 1 N–H and O–H groups in total. The van der Waals surface area contributed by atoms with E-state index in [0.29, 0.717) is 17.9 Å². The van der Waals surface area contributed by atoms with E-state index >= 15 is 0 Å². The normalized spacial score (nSPS) is 14.0. The molecule has 0 saturated heterocycles. The van der Waals surface area contributed by atoms with Crippen molar-refractivity contribution in [1.29, 1.82) is 0 Å². The third-order valence-electron chi connectivity index (χ3n) is 3.58. The number of hydrogen-bond acceptors (Lipinski definition) is 2. The summed E-state index contributed by atoms with van der Waals surface area (Å²) in [4.78, 5) is 17.8. The Labute approximate surface area is 125 Å². The molecule has 0 saturated carbocycles. The zero-order valence-electron chi connectivity index (χ0n) is 11.1. The predicted octanol–water partition coefficient (Wildman–Crippen LogP) is 2.98. The Balaban J connectivity index is 1.85. The van der Waals surface area contributed by atoms with Gasteiger partial charge in [-0.25, -0.2) is 0 Å². The number of H-pyrrole nitrogens is 1. The summed E-state index contributed by atoms with van der Waals surface area (Å²) in [6.07, 6.45) is 0.849. The van der Waals surface area contributed by atoms with Gasteiger partial charge in [0, 0.05) is 25.2 Å². The van der Waals surface area contributed by atoms with E-state index in [9.17, 15) is 4.79 Å². The number of carbonyl (C=O) groups is 1. The van der Waals surface area contributed by atoms with Crippen LogP contribution in [0.4, 0.5) is 0 Å². The Morgan fingerprint density at radius 2 is 2.20 bits per heavy atom. The standard InChI is InChI=1S/C15H15BrN2O2/c1-20-13-5-3-2-4-11(13)15(19)18-7-6-12-10(9-18)8-14(16)17-12/h2-5,8,17H,6-7,9H2,1H3. The minimum Gasteiger partial charge on any atom is -0.496 e. The molecule has 4 nitrogen and oxygen atoms in total. The van der Waals surface area contributed by atoms with Crippen LogP contribution in [0, 0.1) is 0 Å². The molecule has 0 unspecified atom stereocenters. The van der Waals surface area contributed by atoms with Crippen LogP contribution in [-0.4, -0.2) is 29.4 Å². The quantitative estimate of drug-likeness (QED) is 0.917. The Morgan fingerprint density at radius 1 is 1.40 bits per heavy atom. The Morgan fingerprint density at radius 3 is 3.00 bits per heavy atom. The van der Waals surface area contributed by atoms with Crippen molar-refractivity contribution < 1.29 is 9.53 Å². The minimum atomic E-state index is 0.0189. The van der Waals surface area contributed by atoms with Gasteiger partial charge in [0.15, 0.2) is 0 Å². The predicted molar refractivity (Wildman–Crippen MR) is 79.9 cm³/mol. The Hall–Kier alpha value is -1.75. The molecule has 1 aromatic heterocycles. The van der Waals surface area contributed by atoms with Crippen molar-refractivity contribution in [2.75, 3.05) is 13.7 Å². The van der Waals surface area contributed by atoms with Crippen molar-refractivity contribution >= 4 is 21.8 Å². The average Bonchev–Trinajstić information content (AvgIpc) is 2.85. The summed E-state index contributed by atoms with van der Waals surface area (Å²) in [7, 11) is 1.59.